The van der Waals surface area contributed by atoms with Crippen molar-refractivity contribution in [1.82, 2.24) is 20.0 Å². The maximum Gasteiger partial charge on any atom is 0.324 e. The van der Waals surface area contributed by atoms with Crippen LogP contribution in [0.3, 0.4) is 0 Å². The van der Waals surface area contributed by atoms with Gasteiger partial charge in [0.05, 0.1) is 24.9 Å². The van der Waals surface area contributed by atoms with Crippen molar-refractivity contribution in [3.05, 3.63) is 24.2 Å². The molecule has 208 valence electrons. The lowest BCUT2D eigenvalue weighted by atomic mass is 9.92. The number of piperidine rings is 2. The van der Waals surface area contributed by atoms with E-state index in [-0.39, 0.29) is 24.3 Å². The molecule has 2 aromatic heterocycles. The number of ether oxygens (including phenoxy) is 1. The summed E-state index contributed by atoms with van der Waals surface area (Å²) in [5, 5.41) is 4.06. The highest BCUT2D eigenvalue weighted by atomic mass is 19.3. The van der Waals surface area contributed by atoms with E-state index in [1.165, 1.54) is 4.90 Å². The third kappa shape index (κ3) is 5.69. The first-order chi connectivity index (χ1) is 18.1. The molecule has 5 heterocycles. The van der Waals surface area contributed by atoms with Crippen LogP contribution in [0, 0.1) is 5.92 Å². The number of hydrogen-bond donors (Lipinski definition) is 1. The second-order valence-corrected chi connectivity index (χ2v) is 11.1. The minimum Gasteiger partial charge on any atom is -0.489 e. The van der Waals surface area contributed by atoms with Gasteiger partial charge in [0, 0.05) is 51.0 Å². The molecule has 0 aliphatic carbocycles. The van der Waals surface area contributed by atoms with Gasteiger partial charge in [-0.05, 0) is 37.8 Å². The molecule has 1 unspecified atom stereocenters. The van der Waals surface area contributed by atoms with Crippen molar-refractivity contribution in [2.45, 2.75) is 76.5 Å². The molecule has 38 heavy (non-hydrogen) atoms. The number of rotatable bonds is 7. The standard InChI is InChI=1S/C26H37F2N7O3/c1-16(2)24-31-25(38-32-24)33-10-7-18(8-11-33)17(3)37-19-4-5-22(30-12-19)34-13-20(29)21(14-34)35-15-26(27,28)9-6-23(35)36/h4-5,12,16-18,20-21H,6-11,13-15,29H2,1-3H3/t17-,20-,21?/m0/s1. The lowest BCUT2D eigenvalue weighted by Gasteiger charge is -2.37. The van der Waals surface area contributed by atoms with Gasteiger partial charge in [0.1, 0.15) is 11.6 Å². The normalized spacial score (nSPS) is 25.3. The minimum atomic E-state index is -2.87. The molecule has 0 bridgehead atoms. The minimum absolute atomic E-state index is 0.00933. The number of aromatic nitrogens is 3. The van der Waals surface area contributed by atoms with E-state index in [2.05, 4.69) is 26.9 Å². The van der Waals surface area contributed by atoms with Gasteiger partial charge in [-0.1, -0.05) is 19.0 Å². The van der Waals surface area contributed by atoms with Crippen molar-refractivity contribution in [3.8, 4) is 5.75 Å². The summed E-state index contributed by atoms with van der Waals surface area (Å²) in [6.07, 6.45) is 3.06. The maximum atomic E-state index is 13.9. The fraction of sp³-hybridized carbons (Fsp3) is 0.692. The van der Waals surface area contributed by atoms with Gasteiger partial charge in [0.15, 0.2) is 5.82 Å². The van der Waals surface area contributed by atoms with Crippen LogP contribution in [-0.4, -0.2) is 82.8 Å². The summed E-state index contributed by atoms with van der Waals surface area (Å²) in [7, 11) is 0. The zero-order chi connectivity index (χ0) is 27.0. The quantitative estimate of drug-likeness (QED) is 0.574. The molecule has 3 atom stereocenters. The summed E-state index contributed by atoms with van der Waals surface area (Å²) in [6, 6.07) is 3.44. The fourth-order valence-electron chi connectivity index (χ4n) is 5.57. The van der Waals surface area contributed by atoms with Crippen LogP contribution in [0.15, 0.2) is 22.9 Å². The van der Waals surface area contributed by atoms with E-state index in [1.54, 1.807) is 6.20 Å². The molecule has 3 aliphatic heterocycles. The zero-order valence-electron chi connectivity index (χ0n) is 22.2. The third-order valence-corrected chi connectivity index (χ3v) is 7.95. The predicted octanol–water partition coefficient (Wildman–Crippen LogP) is 3.05. The average Bonchev–Trinajstić information content (AvgIpc) is 3.54. The first kappa shape index (κ1) is 26.6. The van der Waals surface area contributed by atoms with E-state index in [0.717, 1.165) is 31.8 Å². The summed E-state index contributed by atoms with van der Waals surface area (Å²) in [6.45, 7) is 8.08. The predicted molar refractivity (Wildman–Crippen MR) is 138 cm³/mol. The Morgan fingerprint density at radius 2 is 1.92 bits per heavy atom. The number of nitrogens with two attached hydrogens (primary N) is 1. The summed E-state index contributed by atoms with van der Waals surface area (Å²) < 4.78 is 39.5. The van der Waals surface area contributed by atoms with Crippen molar-refractivity contribution in [3.63, 3.8) is 0 Å². The van der Waals surface area contributed by atoms with Gasteiger partial charge in [0.2, 0.25) is 5.91 Å². The van der Waals surface area contributed by atoms with Crippen LogP contribution < -0.4 is 20.3 Å². The number of alkyl halides is 2. The SMILES string of the molecule is CC(C)c1noc(N2CCC([C@H](C)Oc3ccc(N4CC(N5CC(F)(F)CCC5=O)[C@@H](N)C4)nc3)CC2)n1. The monoisotopic (exact) mass is 533 g/mol. The molecule has 10 nitrogen and oxygen atoms in total. The molecule has 3 aliphatic rings. The van der Waals surface area contributed by atoms with Gasteiger partial charge in [-0.2, -0.15) is 4.98 Å². The Kier molecular flexibility index (Phi) is 7.43. The summed E-state index contributed by atoms with van der Waals surface area (Å²) >= 11 is 0. The second-order valence-electron chi connectivity index (χ2n) is 11.1. The molecule has 5 rings (SSSR count). The van der Waals surface area contributed by atoms with Crippen molar-refractivity contribution in [2.75, 3.05) is 42.5 Å². The molecular weight excluding hydrogens is 496 g/mol. The van der Waals surface area contributed by atoms with Crippen LogP contribution in [0.1, 0.15) is 58.2 Å². The number of carbonyl (C=O) groups is 1. The maximum absolute atomic E-state index is 13.9. The number of nitrogens with zero attached hydrogens (tertiary/aromatic N) is 6. The van der Waals surface area contributed by atoms with Gasteiger partial charge in [-0.25, -0.2) is 13.8 Å². The number of likely N-dealkylation sites (tertiary alicyclic amines) is 1. The van der Waals surface area contributed by atoms with E-state index in [4.69, 9.17) is 15.0 Å². The van der Waals surface area contributed by atoms with Crippen molar-refractivity contribution >= 4 is 17.7 Å². The highest BCUT2D eigenvalue weighted by Gasteiger charge is 2.45. The second kappa shape index (κ2) is 10.6. The highest BCUT2D eigenvalue weighted by Crippen LogP contribution is 2.32. The molecule has 0 radical (unpaired) electrons. The molecule has 0 aromatic carbocycles. The summed E-state index contributed by atoms with van der Waals surface area (Å²) in [5.41, 5.74) is 6.28. The Labute approximate surface area is 221 Å². The van der Waals surface area contributed by atoms with Crippen LogP contribution in [-0.2, 0) is 4.79 Å². The van der Waals surface area contributed by atoms with Crippen LogP contribution >= 0.6 is 0 Å². The van der Waals surface area contributed by atoms with Crippen LogP contribution in [0.4, 0.5) is 20.6 Å². The Morgan fingerprint density at radius 1 is 1.16 bits per heavy atom. The fourth-order valence-corrected chi connectivity index (χ4v) is 5.57. The molecule has 2 aromatic rings. The number of hydrogen-bond acceptors (Lipinski definition) is 9. The van der Waals surface area contributed by atoms with E-state index < -0.39 is 31.0 Å². The van der Waals surface area contributed by atoms with Gasteiger partial charge >= 0.3 is 6.01 Å². The Morgan fingerprint density at radius 3 is 2.58 bits per heavy atom. The van der Waals surface area contributed by atoms with E-state index >= 15 is 0 Å². The molecule has 3 saturated heterocycles. The number of carbonyl (C=O) groups excluding carboxylic acids is 1. The third-order valence-electron chi connectivity index (χ3n) is 7.95. The summed E-state index contributed by atoms with van der Waals surface area (Å²) in [5.74, 6) is -0.420. The van der Waals surface area contributed by atoms with Crippen molar-refractivity contribution in [1.29, 1.82) is 0 Å². The molecule has 2 N–H and O–H groups in total. The average molecular weight is 534 g/mol. The topological polar surface area (TPSA) is 114 Å². The van der Waals surface area contributed by atoms with Gasteiger partial charge in [0.25, 0.3) is 5.92 Å². The summed E-state index contributed by atoms with van der Waals surface area (Å²) in [4.78, 5) is 26.7. The first-order valence-electron chi connectivity index (χ1n) is 13.5. The Balaban J connectivity index is 1.13. The number of anilines is 2. The van der Waals surface area contributed by atoms with Crippen LogP contribution in [0.25, 0.3) is 0 Å². The lowest BCUT2D eigenvalue weighted by molar-refractivity contribution is -0.150. The number of amides is 1. The Bertz CT molecular complexity index is 1100. The van der Waals surface area contributed by atoms with E-state index in [0.29, 0.717) is 36.6 Å². The number of halogens is 2. The molecule has 0 saturated carbocycles. The first-order valence-corrected chi connectivity index (χ1v) is 13.5. The zero-order valence-corrected chi connectivity index (χ0v) is 22.2. The highest BCUT2D eigenvalue weighted by molar-refractivity contribution is 5.78. The largest absolute Gasteiger partial charge is 0.489 e. The van der Waals surface area contributed by atoms with E-state index in [9.17, 15) is 13.6 Å². The van der Waals surface area contributed by atoms with Crippen molar-refractivity contribution < 1.29 is 22.8 Å². The number of pyridine rings is 1. The smallest absolute Gasteiger partial charge is 0.324 e. The molecule has 3 fully saturated rings. The van der Waals surface area contributed by atoms with Gasteiger partial charge < -0.3 is 29.7 Å². The van der Waals surface area contributed by atoms with Gasteiger partial charge in [-0.15, -0.1) is 0 Å². The molecule has 0 spiro atoms. The van der Waals surface area contributed by atoms with Gasteiger partial charge in [-0.3, -0.25) is 4.79 Å². The lowest BCUT2D eigenvalue weighted by Crippen LogP contribution is -2.56. The molecular formula is C26H37F2N7O3. The van der Waals surface area contributed by atoms with Crippen LogP contribution in [0.5, 0.6) is 5.75 Å². The Hall–Kier alpha value is -3.02. The molecule has 12 heteroatoms. The van der Waals surface area contributed by atoms with Crippen molar-refractivity contribution in [2.24, 2.45) is 11.7 Å². The van der Waals surface area contributed by atoms with E-state index in [1.807, 2.05) is 30.9 Å². The molecule has 1 amide bonds. The van der Waals surface area contributed by atoms with Crippen LogP contribution in [0.2, 0.25) is 0 Å².